The Bertz CT molecular complexity index is 720. The van der Waals surface area contributed by atoms with E-state index >= 15 is 0 Å². The van der Waals surface area contributed by atoms with E-state index in [0.717, 1.165) is 16.9 Å². The SMILES string of the molecule is COc1ccc(C(CNC(=O)Cc2ccc(F)c(Br)c2)N(C)C)cc1. The summed E-state index contributed by atoms with van der Waals surface area (Å²) in [6.07, 6.45) is 0.210. The number of nitrogens with zero attached hydrogens (tertiary/aromatic N) is 1. The molecule has 1 amide bonds. The topological polar surface area (TPSA) is 41.6 Å². The summed E-state index contributed by atoms with van der Waals surface area (Å²) in [5.41, 5.74) is 1.85. The first-order valence-corrected chi connectivity index (χ1v) is 8.71. The van der Waals surface area contributed by atoms with Crippen molar-refractivity contribution in [1.29, 1.82) is 0 Å². The van der Waals surface area contributed by atoms with Crippen LogP contribution in [0, 0.1) is 5.82 Å². The highest BCUT2D eigenvalue weighted by molar-refractivity contribution is 9.10. The van der Waals surface area contributed by atoms with E-state index in [4.69, 9.17) is 4.74 Å². The van der Waals surface area contributed by atoms with Gasteiger partial charge in [0.2, 0.25) is 5.91 Å². The molecule has 0 heterocycles. The molecule has 0 saturated heterocycles. The first-order valence-electron chi connectivity index (χ1n) is 7.91. The molecule has 2 rings (SSSR count). The fourth-order valence-corrected chi connectivity index (χ4v) is 2.96. The van der Waals surface area contributed by atoms with E-state index in [2.05, 4.69) is 26.1 Å². The molecule has 0 bridgehead atoms. The molecule has 6 heteroatoms. The summed E-state index contributed by atoms with van der Waals surface area (Å²) in [6.45, 7) is 0.487. The van der Waals surface area contributed by atoms with Crippen LogP contribution in [-0.2, 0) is 11.2 Å². The summed E-state index contributed by atoms with van der Waals surface area (Å²) < 4.78 is 18.8. The molecule has 2 aromatic rings. The van der Waals surface area contributed by atoms with Crippen molar-refractivity contribution in [3.63, 3.8) is 0 Å². The van der Waals surface area contributed by atoms with Crippen molar-refractivity contribution >= 4 is 21.8 Å². The number of rotatable bonds is 7. The summed E-state index contributed by atoms with van der Waals surface area (Å²) in [7, 11) is 5.57. The van der Waals surface area contributed by atoms with Crippen molar-refractivity contribution < 1.29 is 13.9 Å². The maximum Gasteiger partial charge on any atom is 0.224 e. The summed E-state index contributed by atoms with van der Waals surface area (Å²) in [4.78, 5) is 14.3. The number of ether oxygens (including phenoxy) is 1. The second kappa shape index (κ2) is 8.97. The molecule has 134 valence electrons. The average Bonchev–Trinajstić information content (AvgIpc) is 2.58. The number of halogens is 2. The van der Waals surface area contributed by atoms with Crippen LogP contribution >= 0.6 is 15.9 Å². The van der Waals surface area contributed by atoms with Gasteiger partial charge in [0.05, 0.1) is 24.0 Å². The van der Waals surface area contributed by atoms with Crippen LogP contribution in [0.4, 0.5) is 4.39 Å². The minimum Gasteiger partial charge on any atom is -0.497 e. The van der Waals surface area contributed by atoms with Gasteiger partial charge in [-0.2, -0.15) is 0 Å². The van der Waals surface area contributed by atoms with Crippen LogP contribution in [0.1, 0.15) is 17.2 Å². The summed E-state index contributed by atoms with van der Waals surface area (Å²) in [6, 6.07) is 12.4. The Morgan fingerprint density at radius 2 is 1.92 bits per heavy atom. The van der Waals surface area contributed by atoms with Gasteiger partial charge in [-0.3, -0.25) is 4.79 Å². The quantitative estimate of drug-likeness (QED) is 0.761. The average molecular weight is 409 g/mol. The van der Waals surface area contributed by atoms with Gasteiger partial charge in [0.25, 0.3) is 0 Å². The number of amides is 1. The molecule has 0 spiro atoms. The number of likely N-dealkylation sites (N-methyl/N-ethyl adjacent to an activating group) is 1. The number of nitrogens with one attached hydrogen (secondary N) is 1. The van der Waals surface area contributed by atoms with Crippen LogP contribution in [0.15, 0.2) is 46.9 Å². The van der Waals surface area contributed by atoms with Crippen LogP contribution in [0.2, 0.25) is 0 Å². The van der Waals surface area contributed by atoms with Gasteiger partial charge in [-0.25, -0.2) is 4.39 Å². The van der Waals surface area contributed by atoms with E-state index in [0.29, 0.717) is 11.0 Å². The van der Waals surface area contributed by atoms with Gasteiger partial charge < -0.3 is 15.0 Å². The molecule has 0 radical (unpaired) electrons. The van der Waals surface area contributed by atoms with Crippen LogP contribution in [0.5, 0.6) is 5.75 Å². The van der Waals surface area contributed by atoms with E-state index < -0.39 is 0 Å². The minimum atomic E-state index is -0.337. The highest BCUT2D eigenvalue weighted by Gasteiger charge is 2.16. The lowest BCUT2D eigenvalue weighted by Crippen LogP contribution is -2.35. The lowest BCUT2D eigenvalue weighted by atomic mass is 10.1. The lowest BCUT2D eigenvalue weighted by Gasteiger charge is -2.25. The third-order valence-corrected chi connectivity index (χ3v) is 4.57. The van der Waals surface area contributed by atoms with E-state index in [1.165, 1.54) is 6.07 Å². The van der Waals surface area contributed by atoms with Crippen molar-refractivity contribution in [3.05, 3.63) is 63.9 Å². The normalized spacial score (nSPS) is 12.1. The van der Waals surface area contributed by atoms with Gasteiger partial charge in [0.15, 0.2) is 0 Å². The molecule has 2 aromatic carbocycles. The van der Waals surface area contributed by atoms with Crippen LogP contribution < -0.4 is 10.1 Å². The second-order valence-electron chi connectivity index (χ2n) is 5.98. The zero-order valence-electron chi connectivity index (χ0n) is 14.6. The molecule has 1 N–H and O–H groups in total. The van der Waals surface area contributed by atoms with Gasteiger partial charge in [-0.1, -0.05) is 18.2 Å². The van der Waals surface area contributed by atoms with Crippen molar-refractivity contribution in [3.8, 4) is 5.75 Å². The molecule has 1 unspecified atom stereocenters. The van der Waals surface area contributed by atoms with E-state index in [-0.39, 0.29) is 24.2 Å². The summed E-state index contributed by atoms with van der Waals surface area (Å²) in [5, 5.41) is 2.95. The number of carbonyl (C=O) groups excluding carboxylic acids is 1. The fourth-order valence-electron chi connectivity index (χ4n) is 2.53. The van der Waals surface area contributed by atoms with Gasteiger partial charge in [0.1, 0.15) is 11.6 Å². The first kappa shape index (κ1) is 19.4. The molecule has 0 saturated carbocycles. The molecular formula is C19H22BrFN2O2. The van der Waals surface area contributed by atoms with Crippen molar-refractivity contribution in [2.45, 2.75) is 12.5 Å². The molecule has 1 atom stereocenters. The van der Waals surface area contributed by atoms with E-state index in [9.17, 15) is 9.18 Å². The molecule has 0 aliphatic carbocycles. The molecule has 4 nitrogen and oxygen atoms in total. The van der Waals surface area contributed by atoms with E-state index in [1.807, 2.05) is 38.4 Å². The lowest BCUT2D eigenvalue weighted by molar-refractivity contribution is -0.120. The molecule has 0 aliphatic heterocycles. The Labute approximate surface area is 156 Å². The Hall–Kier alpha value is -1.92. The van der Waals surface area contributed by atoms with Crippen LogP contribution in [0.25, 0.3) is 0 Å². The molecular weight excluding hydrogens is 387 g/mol. The van der Waals surface area contributed by atoms with Gasteiger partial charge in [-0.15, -0.1) is 0 Å². The number of hydrogen-bond donors (Lipinski definition) is 1. The van der Waals surface area contributed by atoms with E-state index in [1.54, 1.807) is 19.2 Å². The zero-order chi connectivity index (χ0) is 18.4. The Balaban J connectivity index is 1.97. The predicted octanol–water partition coefficient (Wildman–Crippen LogP) is 3.56. The van der Waals surface area contributed by atoms with Crippen LogP contribution in [-0.4, -0.2) is 38.6 Å². The molecule has 0 fully saturated rings. The van der Waals surface area contributed by atoms with Crippen molar-refractivity contribution in [1.82, 2.24) is 10.2 Å². The van der Waals surface area contributed by atoms with Gasteiger partial charge in [-0.05, 0) is 65.4 Å². The highest BCUT2D eigenvalue weighted by atomic mass is 79.9. The van der Waals surface area contributed by atoms with Crippen molar-refractivity contribution in [2.75, 3.05) is 27.7 Å². The number of hydrogen-bond acceptors (Lipinski definition) is 3. The standard InChI is InChI=1S/C19H22BrFN2O2/c1-23(2)18(14-5-7-15(25-3)8-6-14)12-22-19(24)11-13-4-9-17(21)16(20)10-13/h4-10,18H,11-12H2,1-3H3,(H,22,24). The minimum absolute atomic E-state index is 0.0508. The molecule has 0 aliphatic rings. The Morgan fingerprint density at radius 1 is 1.24 bits per heavy atom. The Morgan fingerprint density at radius 3 is 2.48 bits per heavy atom. The number of carbonyl (C=O) groups is 1. The number of benzene rings is 2. The Kier molecular flexibility index (Phi) is 6.96. The zero-order valence-corrected chi connectivity index (χ0v) is 16.1. The summed E-state index contributed by atoms with van der Waals surface area (Å²) >= 11 is 3.14. The van der Waals surface area contributed by atoms with Gasteiger partial charge >= 0.3 is 0 Å². The smallest absolute Gasteiger partial charge is 0.224 e. The predicted molar refractivity (Wildman–Crippen MR) is 100 cm³/mol. The third kappa shape index (κ3) is 5.54. The molecule has 25 heavy (non-hydrogen) atoms. The highest BCUT2D eigenvalue weighted by Crippen LogP contribution is 2.21. The second-order valence-corrected chi connectivity index (χ2v) is 6.84. The third-order valence-electron chi connectivity index (χ3n) is 3.97. The monoisotopic (exact) mass is 408 g/mol. The van der Waals surface area contributed by atoms with Crippen LogP contribution in [0.3, 0.4) is 0 Å². The first-order chi connectivity index (χ1) is 11.9. The van der Waals surface area contributed by atoms with Crippen molar-refractivity contribution in [2.24, 2.45) is 0 Å². The largest absolute Gasteiger partial charge is 0.497 e. The molecule has 0 aromatic heterocycles. The fraction of sp³-hybridized carbons (Fsp3) is 0.316. The van der Waals surface area contributed by atoms with Gasteiger partial charge in [0, 0.05) is 6.54 Å². The maximum absolute atomic E-state index is 13.3. The summed E-state index contributed by atoms with van der Waals surface area (Å²) in [5.74, 6) is 0.363. The maximum atomic E-state index is 13.3. The number of methoxy groups -OCH3 is 1.